The molecular weight excluding hydrogens is 160 g/mol. The molecule has 0 amide bonds. The Balaban J connectivity index is 1.88. The summed E-state index contributed by atoms with van der Waals surface area (Å²) in [6.07, 6.45) is 6.98. The molecule has 1 rings (SSSR count). The second-order valence-electron chi connectivity index (χ2n) is 4.18. The topological polar surface area (TPSA) is 15.3 Å². The molecule has 1 N–H and O–H groups in total. The lowest BCUT2D eigenvalue weighted by Gasteiger charge is -2.15. The van der Waals surface area contributed by atoms with Gasteiger partial charge in [0.2, 0.25) is 0 Å². The van der Waals surface area contributed by atoms with Crippen LogP contribution < -0.4 is 5.32 Å². The van der Waals surface area contributed by atoms with Gasteiger partial charge in [-0.25, -0.2) is 0 Å². The second kappa shape index (κ2) is 6.39. The molecule has 1 aliphatic carbocycles. The van der Waals surface area contributed by atoms with Gasteiger partial charge in [0, 0.05) is 6.04 Å². The molecule has 0 unspecified atom stereocenters. The molecule has 0 aromatic heterocycles. The molecule has 0 heterocycles. The van der Waals surface area contributed by atoms with E-state index >= 15 is 0 Å². The van der Waals surface area contributed by atoms with Crippen LogP contribution in [0.15, 0.2) is 0 Å². The van der Waals surface area contributed by atoms with E-state index < -0.39 is 0 Å². The van der Waals surface area contributed by atoms with Crippen molar-refractivity contribution in [1.29, 1.82) is 0 Å². The summed E-state index contributed by atoms with van der Waals surface area (Å²) >= 11 is 0. The molecule has 0 aliphatic heterocycles. The van der Waals surface area contributed by atoms with Crippen LogP contribution in [0.4, 0.5) is 0 Å². The summed E-state index contributed by atoms with van der Waals surface area (Å²) in [6, 6.07) is 0.840. The maximum atomic E-state index is 3.63. The van der Waals surface area contributed by atoms with E-state index in [-0.39, 0.29) is 0 Å². The summed E-state index contributed by atoms with van der Waals surface area (Å²) in [6.45, 7) is 5.82. The van der Waals surface area contributed by atoms with Crippen LogP contribution in [0.1, 0.15) is 39.0 Å². The second-order valence-corrected chi connectivity index (χ2v) is 4.18. The highest BCUT2D eigenvalue weighted by atomic mass is 15.1. The number of hydrogen-bond acceptors (Lipinski definition) is 2. The molecule has 0 aromatic carbocycles. The van der Waals surface area contributed by atoms with Crippen LogP contribution >= 0.6 is 0 Å². The zero-order valence-corrected chi connectivity index (χ0v) is 9.18. The molecule has 0 saturated heterocycles. The molecule has 1 fully saturated rings. The normalized spacial score (nSPS) is 18.7. The lowest BCUT2D eigenvalue weighted by Crippen LogP contribution is -2.29. The molecule has 0 radical (unpaired) electrons. The first-order chi connectivity index (χ1) is 6.33. The predicted octanol–water partition coefficient (Wildman–Crippen LogP) is 1.86. The van der Waals surface area contributed by atoms with Gasteiger partial charge in [-0.3, -0.25) is 0 Å². The number of nitrogens with one attached hydrogen (secondary N) is 1. The summed E-state index contributed by atoms with van der Waals surface area (Å²) < 4.78 is 0. The summed E-state index contributed by atoms with van der Waals surface area (Å²) in [5.41, 5.74) is 0. The summed E-state index contributed by atoms with van der Waals surface area (Å²) in [5.74, 6) is 0. The van der Waals surface area contributed by atoms with Gasteiger partial charge in [-0.1, -0.05) is 19.8 Å². The Hall–Kier alpha value is -0.0800. The van der Waals surface area contributed by atoms with E-state index in [9.17, 15) is 0 Å². The Kier molecular flexibility index (Phi) is 5.40. The minimum Gasteiger partial charge on any atom is -0.314 e. The maximum Gasteiger partial charge on any atom is 0.00670 e. The molecule has 13 heavy (non-hydrogen) atoms. The van der Waals surface area contributed by atoms with Gasteiger partial charge in [0.1, 0.15) is 0 Å². The fourth-order valence-electron chi connectivity index (χ4n) is 1.94. The molecule has 0 aromatic rings. The summed E-state index contributed by atoms with van der Waals surface area (Å²) in [4.78, 5) is 2.37. The van der Waals surface area contributed by atoms with Gasteiger partial charge >= 0.3 is 0 Å². The first-order valence-corrected chi connectivity index (χ1v) is 5.75. The van der Waals surface area contributed by atoms with Gasteiger partial charge < -0.3 is 10.2 Å². The van der Waals surface area contributed by atoms with Gasteiger partial charge in [0.25, 0.3) is 0 Å². The fraction of sp³-hybridized carbons (Fsp3) is 1.00. The van der Waals surface area contributed by atoms with Crippen LogP contribution in [0.5, 0.6) is 0 Å². The Bertz CT molecular complexity index is 119. The quantitative estimate of drug-likeness (QED) is 0.634. The largest absolute Gasteiger partial charge is 0.314 e. The standard InChI is InChI=1S/C11H24N2/c1-3-13(2)10-6-9-12-11-7-4-5-8-11/h11-12H,3-10H2,1-2H3. The summed E-state index contributed by atoms with van der Waals surface area (Å²) in [5, 5.41) is 3.63. The molecule has 0 atom stereocenters. The maximum absolute atomic E-state index is 3.63. The Morgan fingerprint density at radius 1 is 1.31 bits per heavy atom. The fourth-order valence-corrected chi connectivity index (χ4v) is 1.94. The van der Waals surface area contributed by atoms with Crippen molar-refractivity contribution in [1.82, 2.24) is 10.2 Å². The third-order valence-corrected chi connectivity index (χ3v) is 3.04. The molecule has 2 heteroatoms. The van der Waals surface area contributed by atoms with Gasteiger partial charge in [-0.2, -0.15) is 0 Å². The smallest absolute Gasteiger partial charge is 0.00670 e. The van der Waals surface area contributed by atoms with E-state index in [1.807, 2.05) is 0 Å². The zero-order chi connectivity index (χ0) is 9.52. The van der Waals surface area contributed by atoms with Crippen molar-refractivity contribution in [3.8, 4) is 0 Å². The molecular formula is C11H24N2. The van der Waals surface area contributed by atoms with Crippen molar-refractivity contribution >= 4 is 0 Å². The van der Waals surface area contributed by atoms with Crippen molar-refractivity contribution in [2.75, 3.05) is 26.7 Å². The van der Waals surface area contributed by atoms with E-state index in [4.69, 9.17) is 0 Å². The van der Waals surface area contributed by atoms with Gasteiger partial charge in [0.15, 0.2) is 0 Å². The van der Waals surface area contributed by atoms with Crippen molar-refractivity contribution in [3.05, 3.63) is 0 Å². The molecule has 78 valence electrons. The zero-order valence-electron chi connectivity index (χ0n) is 9.18. The van der Waals surface area contributed by atoms with E-state index in [0.29, 0.717) is 0 Å². The first-order valence-electron chi connectivity index (χ1n) is 5.75. The molecule has 0 spiro atoms. The monoisotopic (exact) mass is 184 g/mol. The lowest BCUT2D eigenvalue weighted by molar-refractivity contribution is 0.340. The summed E-state index contributed by atoms with van der Waals surface area (Å²) in [7, 11) is 2.19. The van der Waals surface area contributed by atoms with Gasteiger partial charge in [-0.05, 0) is 45.9 Å². The average molecular weight is 184 g/mol. The minimum absolute atomic E-state index is 0.840. The minimum atomic E-state index is 0.840. The first kappa shape index (κ1) is 11.0. The number of nitrogens with zero attached hydrogens (tertiary/aromatic N) is 1. The Morgan fingerprint density at radius 2 is 2.00 bits per heavy atom. The third-order valence-electron chi connectivity index (χ3n) is 3.04. The van der Waals surface area contributed by atoms with E-state index in [1.165, 1.54) is 51.7 Å². The van der Waals surface area contributed by atoms with Crippen LogP contribution in [-0.2, 0) is 0 Å². The SMILES string of the molecule is CCN(C)CCCNC1CCCC1. The highest BCUT2D eigenvalue weighted by molar-refractivity contribution is 4.73. The highest BCUT2D eigenvalue weighted by Crippen LogP contribution is 2.17. The van der Waals surface area contributed by atoms with Crippen LogP contribution in [0.3, 0.4) is 0 Å². The van der Waals surface area contributed by atoms with Crippen molar-refractivity contribution in [2.24, 2.45) is 0 Å². The van der Waals surface area contributed by atoms with E-state index in [0.717, 1.165) is 6.04 Å². The van der Waals surface area contributed by atoms with Crippen molar-refractivity contribution < 1.29 is 0 Å². The number of hydrogen-bond donors (Lipinski definition) is 1. The molecule has 2 nitrogen and oxygen atoms in total. The van der Waals surface area contributed by atoms with Crippen molar-refractivity contribution in [3.63, 3.8) is 0 Å². The Labute approximate surface area is 82.7 Å². The van der Waals surface area contributed by atoms with Crippen LogP contribution in [0.2, 0.25) is 0 Å². The van der Waals surface area contributed by atoms with Crippen LogP contribution in [0.25, 0.3) is 0 Å². The van der Waals surface area contributed by atoms with Gasteiger partial charge in [0.05, 0.1) is 0 Å². The predicted molar refractivity (Wildman–Crippen MR) is 58.0 cm³/mol. The lowest BCUT2D eigenvalue weighted by atomic mass is 10.2. The average Bonchev–Trinajstić information content (AvgIpc) is 2.64. The van der Waals surface area contributed by atoms with E-state index in [2.05, 4.69) is 24.2 Å². The van der Waals surface area contributed by atoms with Crippen LogP contribution in [-0.4, -0.2) is 37.6 Å². The molecule has 1 saturated carbocycles. The molecule has 1 aliphatic rings. The number of rotatable bonds is 6. The van der Waals surface area contributed by atoms with E-state index in [1.54, 1.807) is 0 Å². The van der Waals surface area contributed by atoms with Gasteiger partial charge in [-0.15, -0.1) is 0 Å². The van der Waals surface area contributed by atoms with Crippen molar-refractivity contribution in [2.45, 2.75) is 45.1 Å². The Morgan fingerprint density at radius 3 is 2.62 bits per heavy atom. The highest BCUT2D eigenvalue weighted by Gasteiger charge is 2.13. The molecule has 0 bridgehead atoms. The van der Waals surface area contributed by atoms with Crippen LogP contribution in [0, 0.1) is 0 Å². The third kappa shape index (κ3) is 4.63.